The minimum atomic E-state index is -0.610. The van der Waals surface area contributed by atoms with Crippen LogP contribution in [0.1, 0.15) is 29.0 Å². The van der Waals surface area contributed by atoms with E-state index in [4.69, 9.17) is 16.7 Å². The third kappa shape index (κ3) is 2.14. The molecule has 0 aliphatic rings. The molecule has 0 saturated heterocycles. The third-order valence-corrected chi connectivity index (χ3v) is 2.83. The number of hydrogen-bond acceptors (Lipinski definition) is 2. The number of aliphatic hydroxyl groups excluding tert-OH is 1. The molecule has 0 bridgehead atoms. The normalized spacial score (nSPS) is 12.6. The molecule has 14 heavy (non-hydrogen) atoms. The van der Waals surface area contributed by atoms with Gasteiger partial charge in [-0.15, -0.1) is 11.6 Å². The van der Waals surface area contributed by atoms with Crippen LogP contribution in [0.3, 0.4) is 0 Å². The van der Waals surface area contributed by atoms with Crippen LogP contribution in [0, 0.1) is 6.92 Å². The van der Waals surface area contributed by atoms with Crippen molar-refractivity contribution in [1.29, 1.82) is 0 Å². The first-order valence-corrected chi connectivity index (χ1v) is 4.85. The summed E-state index contributed by atoms with van der Waals surface area (Å²) in [6, 6.07) is 5.43. The molecule has 1 aromatic carbocycles. The Morgan fingerprint density at radius 3 is 2.71 bits per heavy atom. The van der Waals surface area contributed by atoms with Crippen molar-refractivity contribution in [2.75, 3.05) is 0 Å². The van der Waals surface area contributed by atoms with Gasteiger partial charge in [0.25, 0.3) is 0 Å². The van der Waals surface area contributed by atoms with E-state index in [9.17, 15) is 4.79 Å². The van der Waals surface area contributed by atoms with Crippen molar-refractivity contribution < 1.29 is 9.90 Å². The number of carbonyl (C=O) groups excluding carboxylic acids is 1. The van der Waals surface area contributed by atoms with Gasteiger partial charge in [-0.1, -0.05) is 18.2 Å². The second kappa shape index (κ2) is 4.58. The van der Waals surface area contributed by atoms with Crippen LogP contribution in [0.5, 0.6) is 0 Å². The third-order valence-electron chi connectivity index (χ3n) is 2.29. The Bertz CT molecular complexity index is 347. The Balaban J connectivity index is 3.15. The monoisotopic (exact) mass is 212 g/mol. The van der Waals surface area contributed by atoms with E-state index in [2.05, 4.69) is 0 Å². The molecule has 1 aromatic rings. The number of hydrogen-bond donors (Lipinski definition) is 1. The lowest BCUT2D eigenvalue weighted by atomic mass is 9.99. The highest BCUT2D eigenvalue weighted by molar-refractivity contribution is 6.30. The molecule has 1 unspecified atom stereocenters. The first-order valence-electron chi connectivity index (χ1n) is 4.41. The fraction of sp³-hybridized carbons (Fsp3) is 0.364. The van der Waals surface area contributed by atoms with Crippen LogP contribution in [-0.4, -0.2) is 10.9 Å². The van der Waals surface area contributed by atoms with E-state index in [1.165, 1.54) is 6.92 Å². The van der Waals surface area contributed by atoms with E-state index in [1.54, 1.807) is 6.07 Å². The molecule has 1 atom stereocenters. The van der Waals surface area contributed by atoms with Gasteiger partial charge < -0.3 is 5.11 Å². The Labute approximate surface area is 88.5 Å². The molecule has 0 saturated carbocycles. The lowest BCUT2D eigenvalue weighted by molar-refractivity contribution is -0.116. The van der Waals surface area contributed by atoms with Gasteiger partial charge in [-0.05, 0) is 30.5 Å². The quantitative estimate of drug-likeness (QED) is 0.781. The maximum Gasteiger partial charge on any atom is 0.152 e. The van der Waals surface area contributed by atoms with E-state index >= 15 is 0 Å². The number of rotatable bonds is 3. The maximum atomic E-state index is 11.1. The van der Waals surface area contributed by atoms with Gasteiger partial charge in [-0.2, -0.15) is 0 Å². The van der Waals surface area contributed by atoms with Crippen LogP contribution in [0.25, 0.3) is 0 Å². The second-order valence-electron chi connectivity index (χ2n) is 3.26. The highest BCUT2D eigenvalue weighted by Gasteiger charge is 2.16. The minimum Gasteiger partial charge on any atom is -0.392 e. The molecule has 0 aliphatic heterocycles. The molecule has 0 fully saturated rings. The van der Waals surface area contributed by atoms with Crippen molar-refractivity contribution in [1.82, 2.24) is 0 Å². The average molecular weight is 213 g/mol. The molecule has 0 amide bonds. The first-order chi connectivity index (χ1) is 6.57. The first kappa shape index (κ1) is 11.2. The maximum absolute atomic E-state index is 11.1. The molecular formula is C11H13ClO2. The van der Waals surface area contributed by atoms with Gasteiger partial charge in [-0.3, -0.25) is 4.79 Å². The summed E-state index contributed by atoms with van der Waals surface area (Å²) in [5.74, 6) is -0.0788. The Kier molecular flexibility index (Phi) is 3.67. The van der Waals surface area contributed by atoms with Gasteiger partial charge in [0, 0.05) is 0 Å². The zero-order chi connectivity index (χ0) is 10.7. The van der Waals surface area contributed by atoms with Crippen LogP contribution in [0.4, 0.5) is 0 Å². The molecule has 0 aromatic heterocycles. The van der Waals surface area contributed by atoms with Crippen molar-refractivity contribution in [2.45, 2.75) is 25.8 Å². The van der Waals surface area contributed by atoms with Gasteiger partial charge in [-0.25, -0.2) is 0 Å². The largest absolute Gasteiger partial charge is 0.392 e. The standard InChI is InChI=1S/C11H13ClO2/c1-7-9(6-13)4-3-5-10(7)11(12)8(2)14/h3-5,11,13H,6H2,1-2H3. The lowest BCUT2D eigenvalue weighted by Crippen LogP contribution is -2.05. The highest BCUT2D eigenvalue weighted by atomic mass is 35.5. The van der Waals surface area contributed by atoms with Gasteiger partial charge in [0.05, 0.1) is 6.61 Å². The summed E-state index contributed by atoms with van der Waals surface area (Å²) in [5, 5.41) is 8.43. The highest BCUT2D eigenvalue weighted by Crippen LogP contribution is 2.26. The van der Waals surface area contributed by atoms with Crippen LogP contribution in [-0.2, 0) is 11.4 Å². The summed E-state index contributed by atoms with van der Waals surface area (Å²) in [6.45, 7) is 3.29. The summed E-state index contributed by atoms with van der Waals surface area (Å²) in [7, 11) is 0. The molecule has 1 rings (SSSR count). The second-order valence-corrected chi connectivity index (χ2v) is 3.70. The average Bonchev–Trinajstić information content (AvgIpc) is 2.17. The molecule has 3 heteroatoms. The van der Waals surface area contributed by atoms with Crippen molar-refractivity contribution in [3.63, 3.8) is 0 Å². The van der Waals surface area contributed by atoms with Crippen LogP contribution in [0.15, 0.2) is 18.2 Å². The topological polar surface area (TPSA) is 37.3 Å². The number of halogens is 1. The van der Waals surface area contributed by atoms with Crippen LogP contribution in [0.2, 0.25) is 0 Å². The van der Waals surface area contributed by atoms with E-state index < -0.39 is 5.38 Å². The van der Waals surface area contributed by atoms with Gasteiger partial charge in [0.15, 0.2) is 5.78 Å². The summed E-state index contributed by atoms with van der Waals surface area (Å²) >= 11 is 5.94. The predicted octanol–water partition coefficient (Wildman–Crippen LogP) is 2.36. The number of Topliss-reactive ketones (excluding diaryl/α,β-unsaturated/α-hetero) is 1. The van der Waals surface area contributed by atoms with E-state index in [1.807, 2.05) is 19.1 Å². The predicted molar refractivity (Wildman–Crippen MR) is 56.4 cm³/mol. The smallest absolute Gasteiger partial charge is 0.152 e. The number of alkyl halides is 1. The molecule has 0 aliphatic carbocycles. The summed E-state index contributed by atoms with van der Waals surface area (Å²) < 4.78 is 0. The molecule has 1 N–H and O–H groups in total. The fourth-order valence-corrected chi connectivity index (χ4v) is 1.60. The SMILES string of the molecule is CC(=O)C(Cl)c1cccc(CO)c1C. The van der Waals surface area contributed by atoms with Gasteiger partial charge in [0.2, 0.25) is 0 Å². The van der Waals surface area contributed by atoms with Crippen LogP contribution < -0.4 is 0 Å². The summed E-state index contributed by atoms with van der Waals surface area (Å²) in [5.41, 5.74) is 2.49. The molecule has 2 nitrogen and oxygen atoms in total. The van der Waals surface area contributed by atoms with Gasteiger partial charge in [0.1, 0.15) is 5.38 Å². The van der Waals surface area contributed by atoms with Crippen molar-refractivity contribution in [3.8, 4) is 0 Å². The summed E-state index contributed by atoms with van der Waals surface area (Å²) in [6.07, 6.45) is 0. The minimum absolute atomic E-state index is 0.0266. The van der Waals surface area contributed by atoms with Crippen LogP contribution >= 0.6 is 11.6 Å². The number of carbonyl (C=O) groups is 1. The lowest BCUT2D eigenvalue weighted by Gasteiger charge is -2.12. The molecular weight excluding hydrogens is 200 g/mol. The Morgan fingerprint density at radius 1 is 1.57 bits per heavy atom. The van der Waals surface area contributed by atoms with Crippen molar-refractivity contribution >= 4 is 17.4 Å². The van der Waals surface area contributed by atoms with E-state index in [0.717, 1.165) is 16.7 Å². The zero-order valence-electron chi connectivity index (χ0n) is 8.25. The summed E-state index contributed by atoms with van der Waals surface area (Å²) in [4.78, 5) is 11.1. The number of aliphatic hydroxyl groups is 1. The Hall–Kier alpha value is -0.860. The fourth-order valence-electron chi connectivity index (χ4n) is 1.37. The Morgan fingerprint density at radius 2 is 2.21 bits per heavy atom. The zero-order valence-corrected chi connectivity index (χ0v) is 9.01. The van der Waals surface area contributed by atoms with Crippen molar-refractivity contribution in [2.24, 2.45) is 0 Å². The number of ketones is 1. The van der Waals surface area contributed by atoms with Gasteiger partial charge >= 0.3 is 0 Å². The molecule has 0 radical (unpaired) electrons. The molecule has 76 valence electrons. The van der Waals surface area contributed by atoms with E-state index in [0.29, 0.717) is 0 Å². The van der Waals surface area contributed by atoms with E-state index in [-0.39, 0.29) is 12.4 Å². The van der Waals surface area contributed by atoms with Crippen molar-refractivity contribution in [3.05, 3.63) is 34.9 Å². The molecule has 0 heterocycles. The number of benzene rings is 1. The molecule has 0 spiro atoms.